The summed E-state index contributed by atoms with van der Waals surface area (Å²) in [5, 5.41) is 7.46. The molecule has 2 unspecified atom stereocenters. The summed E-state index contributed by atoms with van der Waals surface area (Å²) < 4.78 is 13.0. The minimum absolute atomic E-state index is 0. The first-order valence-corrected chi connectivity index (χ1v) is 8.05. The van der Waals surface area contributed by atoms with Gasteiger partial charge in [0.1, 0.15) is 11.9 Å². The Labute approximate surface area is 148 Å². The highest BCUT2D eigenvalue weighted by atomic mass is 35.5. The van der Waals surface area contributed by atoms with E-state index in [-0.39, 0.29) is 24.6 Å². The quantitative estimate of drug-likeness (QED) is 0.839. The van der Waals surface area contributed by atoms with Crippen LogP contribution in [-0.4, -0.2) is 50.8 Å². The van der Waals surface area contributed by atoms with Gasteiger partial charge in [0.2, 0.25) is 5.89 Å². The monoisotopic (exact) mass is 356 g/mol. The number of aromatic nitrogens is 4. The van der Waals surface area contributed by atoms with Crippen molar-refractivity contribution >= 4 is 12.4 Å². The topological polar surface area (TPSA) is 81.2 Å². The lowest BCUT2D eigenvalue weighted by Gasteiger charge is -2.34. The lowest BCUT2D eigenvalue weighted by Crippen LogP contribution is -2.46. The predicted molar refractivity (Wildman–Crippen MR) is 90.8 cm³/mol. The summed E-state index contributed by atoms with van der Waals surface area (Å²) in [7, 11) is 2.02. The second kappa shape index (κ2) is 8.57. The highest BCUT2D eigenvalue weighted by molar-refractivity contribution is 5.85. The van der Waals surface area contributed by atoms with Crippen LogP contribution in [0.1, 0.15) is 43.5 Å². The summed E-state index contributed by atoms with van der Waals surface area (Å²) in [4.78, 5) is 11.3. The molecule has 1 aliphatic heterocycles. The number of nitrogens with zero attached hydrogens (tertiary/aromatic N) is 5. The van der Waals surface area contributed by atoms with Crippen LogP contribution in [0, 0.1) is 0 Å². The van der Waals surface area contributed by atoms with Crippen molar-refractivity contribution < 1.29 is 9.26 Å². The Balaban J connectivity index is 0.00000208. The number of aryl methyl sites for hydroxylation is 1. The van der Waals surface area contributed by atoms with Crippen molar-refractivity contribution in [2.24, 2.45) is 7.05 Å². The highest BCUT2D eigenvalue weighted by Gasteiger charge is 2.28. The van der Waals surface area contributed by atoms with E-state index in [2.05, 4.69) is 29.9 Å². The van der Waals surface area contributed by atoms with E-state index in [0.29, 0.717) is 24.9 Å². The lowest BCUT2D eigenvalue weighted by molar-refractivity contribution is 0.0683. The molecule has 0 spiro atoms. The van der Waals surface area contributed by atoms with Gasteiger partial charge in [0.15, 0.2) is 5.82 Å². The fourth-order valence-electron chi connectivity index (χ4n) is 2.88. The van der Waals surface area contributed by atoms with Crippen molar-refractivity contribution in [3.05, 3.63) is 29.9 Å². The van der Waals surface area contributed by atoms with Gasteiger partial charge in [-0.25, -0.2) is 4.98 Å². The molecule has 0 bridgehead atoms. The molecule has 1 aliphatic rings. The maximum absolute atomic E-state index is 5.51. The molecular weight excluding hydrogens is 332 g/mol. The zero-order chi connectivity index (χ0) is 16.2. The zero-order valence-corrected chi connectivity index (χ0v) is 15.1. The van der Waals surface area contributed by atoms with Crippen LogP contribution in [0.4, 0.5) is 0 Å². The predicted octanol–water partition coefficient (Wildman–Crippen LogP) is 1.47. The van der Waals surface area contributed by atoms with Crippen LogP contribution in [0.3, 0.4) is 0 Å². The van der Waals surface area contributed by atoms with Crippen LogP contribution < -0.4 is 5.32 Å². The number of imidazole rings is 1. The highest BCUT2D eigenvalue weighted by Crippen LogP contribution is 2.23. The molecule has 0 saturated carbocycles. The van der Waals surface area contributed by atoms with Gasteiger partial charge in [-0.3, -0.25) is 4.90 Å². The van der Waals surface area contributed by atoms with Gasteiger partial charge in [0.05, 0.1) is 12.6 Å². The van der Waals surface area contributed by atoms with E-state index in [1.165, 1.54) is 0 Å². The van der Waals surface area contributed by atoms with Crippen LogP contribution in [-0.2, 0) is 18.3 Å². The Morgan fingerprint density at radius 3 is 3.04 bits per heavy atom. The molecule has 1 fully saturated rings. The van der Waals surface area contributed by atoms with E-state index in [4.69, 9.17) is 9.26 Å². The SMILES string of the molecule is CCOC(C)c1noc(CN2CCNCC2c2nccn2C)n1.Cl. The van der Waals surface area contributed by atoms with Crippen molar-refractivity contribution in [3.63, 3.8) is 0 Å². The zero-order valence-electron chi connectivity index (χ0n) is 14.3. The average Bonchev–Trinajstić information content (AvgIpc) is 3.17. The lowest BCUT2D eigenvalue weighted by atomic mass is 10.1. The molecule has 2 atom stereocenters. The van der Waals surface area contributed by atoms with E-state index >= 15 is 0 Å². The molecule has 9 heteroatoms. The van der Waals surface area contributed by atoms with Crippen LogP contribution >= 0.6 is 12.4 Å². The van der Waals surface area contributed by atoms with Gasteiger partial charge in [0.25, 0.3) is 0 Å². The maximum Gasteiger partial charge on any atom is 0.240 e. The molecule has 0 radical (unpaired) electrons. The first-order chi connectivity index (χ1) is 11.2. The number of ether oxygens (including phenoxy) is 1. The standard InChI is InChI=1S/C15H24N6O2.ClH/c1-4-22-11(2)14-18-13(23-19-14)10-21-8-5-16-9-12(21)15-17-6-7-20(15)3;/h6-7,11-12,16H,4-5,8-10H2,1-3H3;1H. The van der Waals surface area contributed by atoms with Crippen molar-refractivity contribution in [1.82, 2.24) is 29.9 Å². The van der Waals surface area contributed by atoms with Gasteiger partial charge in [-0.05, 0) is 13.8 Å². The molecule has 3 rings (SSSR count). The summed E-state index contributed by atoms with van der Waals surface area (Å²) in [6.07, 6.45) is 3.65. The van der Waals surface area contributed by atoms with E-state index < -0.39 is 0 Å². The maximum atomic E-state index is 5.51. The smallest absolute Gasteiger partial charge is 0.240 e. The normalized spacial score (nSPS) is 19.9. The number of piperazine rings is 1. The molecule has 134 valence electrons. The van der Waals surface area contributed by atoms with Gasteiger partial charge >= 0.3 is 0 Å². The van der Waals surface area contributed by atoms with Crippen LogP contribution in [0.2, 0.25) is 0 Å². The first kappa shape index (κ1) is 18.9. The second-order valence-corrected chi connectivity index (χ2v) is 5.73. The summed E-state index contributed by atoms with van der Waals surface area (Å²) in [6.45, 7) is 7.85. The summed E-state index contributed by atoms with van der Waals surface area (Å²) in [5.74, 6) is 2.26. The minimum Gasteiger partial charge on any atom is -0.371 e. The summed E-state index contributed by atoms with van der Waals surface area (Å²) in [6, 6.07) is 0.198. The summed E-state index contributed by atoms with van der Waals surface area (Å²) in [5.41, 5.74) is 0. The Morgan fingerprint density at radius 1 is 1.50 bits per heavy atom. The van der Waals surface area contributed by atoms with Crippen molar-refractivity contribution in [2.45, 2.75) is 32.5 Å². The van der Waals surface area contributed by atoms with Gasteiger partial charge in [-0.15, -0.1) is 12.4 Å². The number of hydrogen-bond donors (Lipinski definition) is 1. The van der Waals surface area contributed by atoms with E-state index in [9.17, 15) is 0 Å². The number of rotatable bonds is 6. The van der Waals surface area contributed by atoms with Gasteiger partial charge in [0, 0.05) is 45.7 Å². The molecule has 1 saturated heterocycles. The first-order valence-electron chi connectivity index (χ1n) is 8.05. The van der Waals surface area contributed by atoms with Crippen molar-refractivity contribution in [3.8, 4) is 0 Å². The van der Waals surface area contributed by atoms with Crippen molar-refractivity contribution in [1.29, 1.82) is 0 Å². The molecule has 1 N–H and O–H groups in total. The average molecular weight is 357 g/mol. The molecule has 8 nitrogen and oxygen atoms in total. The molecule has 0 amide bonds. The molecule has 24 heavy (non-hydrogen) atoms. The van der Waals surface area contributed by atoms with Crippen LogP contribution in [0.15, 0.2) is 16.9 Å². The van der Waals surface area contributed by atoms with E-state index in [0.717, 1.165) is 25.5 Å². The molecular formula is C15H25ClN6O2. The minimum atomic E-state index is -0.147. The Hall–Kier alpha value is -1.48. The Kier molecular flexibility index (Phi) is 6.73. The largest absolute Gasteiger partial charge is 0.371 e. The van der Waals surface area contributed by atoms with Crippen LogP contribution in [0.25, 0.3) is 0 Å². The molecule has 3 heterocycles. The van der Waals surface area contributed by atoms with E-state index in [1.54, 1.807) is 0 Å². The Bertz CT molecular complexity index is 631. The fourth-order valence-corrected chi connectivity index (χ4v) is 2.88. The second-order valence-electron chi connectivity index (χ2n) is 5.73. The fraction of sp³-hybridized carbons (Fsp3) is 0.667. The third kappa shape index (κ3) is 4.13. The van der Waals surface area contributed by atoms with Gasteiger partial charge in [-0.1, -0.05) is 5.16 Å². The molecule has 0 aromatic carbocycles. The third-order valence-corrected chi connectivity index (χ3v) is 4.11. The van der Waals surface area contributed by atoms with Gasteiger partial charge < -0.3 is 19.1 Å². The molecule has 0 aliphatic carbocycles. The van der Waals surface area contributed by atoms with Crippen LogP contribution in [0.5, 0.6) is 0 Å². The van der Waals surface area contributed by atoms with E-state index in [1.807, 2.05) is 33.3 Å². The third-order valence-electron chi connectivity index (χ3n) is 4.11. The molecule has 2 aromatic rings. The number of nitrogens with one attached hydrogen (secondary N) is 1. The molecule has 2 aromatic heterocycles. The summed E-state index contributed by atoms with van der Waals surface area (Å²) >= 11 is 0. The number of halogens is 1. The number of hydrogen-bond acceptors (Lipinski definition) is 7. The Morgan fingerprint density at radius 2 is 2.33 bits per heavy atom. The van der Waals surface area contributed by atoms with Gasteiger partial charge in [-0.2, -0.15) is 4.98 Å². The van der Waals surface area contributed by atoms with Crippen molar-refractivity contribution in [2.75, 3.05) is 26.2 Å².